The van der Waals surface area contributed by atoms with Gasteiger partial charge in [0.05, 0.1) is 0 Å². The molecule has 2 N–H and O–H groups in total. The van der Waals surface area contributed by atoms with Crippen molar-refractivity contribution in [2.24, 2.45) is 0 Å². The molecule has 0 heterocycles. The van der Waals surface area contributed by atoms with Crippen LogP contribution in [-0.4, -0.2) is 5.33 Å². The van der Waals surface area contributed by atoms with Gasteiger partial charge in [-0.2, -0.15) is 0 Å². The Labute approximate surface area is 87.8 Å². The highest BCUT2D eigenvalue weighted by Gasteiger charge is 1.95. The quantitative estimate of drug-likeness (QED) is 0.637. The Morgan fingerprint density at radius 3 is 2.85 bits per heavy atom. The van der Waals surface area contributed by atoms with Crippen molar-refractivity contribution in [1.29, 1.82) is 0 Å². The summed E-state index contributed by atoms with van der Waals surface area (Å²) in [5, 5.41) is 0.864. The van der Waals surface area contributed by atoms with E-state index in [1.54, 1.807) is 0 Å². The fourth-order valence-electron chi connectivity index (χ4n) is 1.16. The average Bonchev–Trinajstić information content (AvgIpc) is 2.17. The van der Waals surface area contributed by atoms with Crippen LogP contribution in [0, 0.1) is 0 Å². The summed E-state index contributed by atoms with van der Waals surface area (Å²) < 4.78 is 0. The lowest BCUT2D eigenvalue weighted by Crippen LogP contribution is -1.91. The highest BCUT2D eigenvalue weighted by atomic mass is 79.9. The van der Waals surface area contributed by atoms with E-state index in [9.17, 15) is 0 Å². The molecule has 13 heavy (non-hydrogen) atoms. The van der Waals surface area contributed by atoms with E-state index in [1.165, 1.54) is 5.56 Å². The molecule has 0 radical (unpaired) electrons. The van der Waals surface area contributed by atoms with Gasteiger partial charge in [-0.15, -0.1) is 0 Å². The third-order valence-corrected chi connectivity index (χ3v) is 2.32. The van der Waals surface area contributed by atoms with Crippen molar-refractivity contribution in [1.82, 2.24) is 0 Å². The van der Waals surface area contributed by atoms with Crippen LogP contribution < -0.4 is 5.73 Å². The summed E-state index contributed by atoms with van der Waals surface area (Å²) in [4.78, 5) is 0. The van der Waals surface area contributed by atoms with Gasteiger partial charge in [0.2, 0.25) is 0 Å². The smallest absolute Gasteiger partial charge is 0.0387 e. The van der Waals surface area contributed by atoms with E-state index in [0.717, 1.165) is 23.0 Å². The minimum absolute atomic E-state index is 0.842. The van der Waals surface area contributed by atoms with Crippen molar-refractivity contribution in [3.63, 3.8) is 0 Å². The van der Waals surface area contributed by atoms with Gasteiger partial charge in [0.25, 0.3) is 0 Å². The minimum Gasteiger partial charge on any atom is -0.398 e. The molecule has 0 aromatic heterocycles. The maximum Gasteiger partial charge on any atom is 0.0387 e. The molecule has 1 aromatic carbocycles. The number of hydrogen-bond acceptors (Lipinski definition) is 1. The molecule has 0 atom stereocenters. The van der Waals surface area contributed by atoms with Gasteiger partial charge < -0.3 is 5.73 Å². The first-order valence-electron chi connectivity index (χ1n) is 4.38. The molecule has 0 aliphatic rings. The Morgan fingerprint density at radius 2 is 2.23 bits per heavy atom. The van der Waals surface area contributed by atoms with Gasteiger partial charge >= 0.3 is 0 Å². The Balaban J connectivity index is 2.97. The first-order valence-corrected chi connectivity index (χ1v) is 5.51. The van der Waals surface area contributed by atoms with Crippen LogP contribution in [0.4, 0.5) is 5.69 Å². The van der Waals surface area contributed by atoms with Crippen LogP contribution >= 0.6 is 15.9 Å². The molecule has 0 unspecified atom stereocenters. The predicted molar refractivity (Wildman–Crippen MR) is 63.1 cm³/mol. The largest absolute Gasteiger partial charge is 0.398 e. The molecule has 0 aliphatic heterocycles. The van der Waals surface area contributed by atoms with Crippen LogP contribution in [0.3, 0.4) is 0 Å². The number of hydrogen-bond donors (Lipinski definition) is 1. The van der Waals surface area contributed by atoms with E-state index in [1.807, 2.05) is 18.2 Å². The van der Waals surface area contributed by atoms with Crippen molar-refractivity contribution >= 4 is 27.7 Å². The second-order valence-electron chi connectivity index (χ2n) is 2.87. The van der Waals surface area contributed by atoms with E-state index in [4.69, 9.17) is 5.73 Å². The molecule has 0 aliphatic carbocycles. The second kappa shape index (κ2) is 5.07. The summed E-state index contributed by atoms with van der Waals surface area (Å²) in [6, 6.07) is 6.17. The minimum atomic E-state index is 0.842. The van der Waals surface area contributed by atoms with Gasteiger partial charge in [-0.3, -0.25) is 0 Å². The van der Waals surface area contributed by atoms with E-state index in [0.29, 0.717) is 0 Å². The zero-order valence-electron chi connectivity index (χ0n) is 7.76. The number of allylic oxidation sites excluding steroid dienone is 1. The molecule has 0 saturated heterocycles. The molecule has 0 spiro atoms. The Morgan fingerprint density at radius 1 is 1.46 bits per heavy atom. The normalized spacial score (nSPS) is 10.9. The predicted octanol–water partition coefficient (Wildman–Crippen LogP) is 3.24. The third-order valence-electron chi connectivity index (χ3n) is 1.95. The number of anilines is 1. The number of alkyl halides is 1. The van der Waals surface area contributed by atoms with Crippen molar-refractivity contribution in [2.45, 2.75) is 13.3 Å². The molecule has 2 heteroatoms. The second-order valence-corrected chi connectivity index (χ2v) is 3.52. The number of nitrogen functional groups attached to an aromatic ring is 1. The average molecular weight is 240 g/mol. The maximum absolute atomic E-state index is 5.82. The summed E-state index contributed by atoms with van der Waals surface area (Å²) in [7, 11) is 0. The van der Waals surface area contributed by atoms with Gasteiger partial charge in [-0.25, -0.2) is 0 Å². The SMILES string of the molecule is CCc1ccc(N)c(C=CCBr)c1. The number of nitrogens with two attached hydrogens (primary N) is 1. The highest BCUT2D eigenvalue weighted by Crippen LogP contribution is 2.16. The van der Waals surface area contributed by atoms with Crippen molar-refractivity contribution in [3.05, 3.63) is 35.4 Å². The van der Waals surface area contributed by atoms with Gasteiger partial charge in [-0.05, 0) is 29.7 Å². The third kappa shape index (κ3) is 2.88. The fraction of sp³-hybridized carbons (Fsp3) is 0.273. The Kier molecular flexibility index (Phi) is 4.03. The number of aryl methyl sites for hydroxylation is 1. The summed E-state index contributed by atoms with van der Waals surface area (Å²) >= 11 is 3.34. The number of rotatable bonds is 3. The molecule has 0 amide bonds. The van der Waals surface area contributed by atoms with E-state index >= 15 is 0 Å². The molecule has 1 aromatic rings. The highest BCUT2D eigenvalue weighted by molar-refractivity contribution is 9.09. The van der Waals surface area contributed by atoms with E-state index in [-0.39, 0.29) is 0 Å². The number of benzene rings is 1. The molecule has 0 fully saturated rings. The van der Waals surface area contributed by atoms with E-state index < -0.39 is 0 Å². The lowest BCUT2D eigenvalue weighted by Gasteiger charge is -2.02. The molecule has 1 rings (SSSR count). The van der Waals surface area contributed by atoms with Gasteiger partial charge in [0, 0.05) is 11.0 Å². The summed E-state index contributed by atoms with van der Waals surface area (Å²) in [5.74, 6) is 0. The van der Waals surface area contributed by atoms with Crippen LogP contribution in [-0.2, 0) is 6.42 Å². The molecule has 1 nitrogen and oxygen atoms in total. The summed E-state index contributed by atoms with van der Waals surface area (Å²) in [6.45, 7) is 2.14. The Hall–Kier alpha value is -0.760. The monoisotopic (exact) mass is 239 g/mol. The van der Waals surface area contributed by atoms with E-state index in [2.05, 4.69) is 35.0 Å². The van der Waals surface area contributed by atoms with Gasteiger partial charge in [0.15, 0.2) is 0 Å². The topological polar surface area (TPSA) is 26.0 Å². The molecular formula is C11H14BrN. The summed E-state index contributed by atoms with van der Waals surface area (Å²) in [5.41, 5.74) is 9.09. The first-order chi connectivity index (χ1) is 6.27. The lowest BCUT2D eigenvalue weighted by molar-refractivity contribution is 1.14. The van der Waals surface area contributed by atoms with Crippen molar-refractivity contribution in [3.8, 4) is 0 Å². The lowest BCUT2D eigenvalue weighted by atomic mass is 10.1. The van der Waals surface area contributed by atoms with Gasteiger partial charge in [-0.1, -0.05) is 41.1 Å². The van der Waals surface area contributed by atoms with Crippen LogP contribution in [0.25, 0.3) is 6.08 Å². The first kappa shape index (κ1) is 10.3. The summed E-state index contributed by atoms with van der Waals surface area (Å²) in [6.07, 6.45) is 5.14. The molecule has 0 saturated carbocycles. The molecule has 0 bridgehead atoms. The maximum atomic E-state index is 5.82. The van der Waals surface area contributed by atoms with Crippen LogP contribution in [0.5, 0.6) is 0 Å². The fourth-order valence-corrected chi connectivity index (χ4v) is 1.35. The van der Waals surface area contributed by atoms with Gasteiger partial charge in [0.1, 0.15) is 0 Å². The Bertz CT molecular complexity index is 305. The van der Waals surface area contributed by atoms with Crippen LogP contribution in [0.2, 0.25) is 0 Å². The van der Waals surface area contributed by atoms with Crippen LogP contribution in [0.1, 0.15) is 18.1 Å². The van der Waals surface area contributed by atoms with Crippen LogP contribution in [0.15, 0.2) is 24.3 Å². The zero-order valence-corrected chi connectivity index (χ0v) is 9.34. The van der Waals surface area contributed by atoms with Crippen molar-refractivity contribution < 1.29 is 0 Å². The molecule has 70 valence electrons. The number of halogens is 1. The standard InChI is InChI=1S/C11H14BrN/c1-2-9-5-6-11(13)10(8-9)4-3-7-12/h3-6,8H,2,7,13H2,1H3. The van der Waals surface area contributed by atoms with Crippen molar-refractivity contribution in [2.75, 3.05) is 11.1 Å². The zero-order chi connectivity index (χ0) is 9.68. The molecular weight excluding hydrogens is 226 g/mol.